The molecule has 2 atom stereocenters. The molecular weight excluding hydrogens is 911 g/mol. The smallest absolute Gasteiger partial charge is 0.305 e. The molecule has 6 nitrogen and oxygen atoms in total. The lowest BCUT2D eigenvalue weighted by molar-refractivity contribution is -0.143. The maximum Gasteiger partial charge on any atom is 0.305 e. The maximum atomic E-state index is 12.5. The number of rotatable bonds is 63. The van der Waals surface area contributed by atoms with Crippen LogP contribution in [0.15, 0.2) is 24.3 Å². The molecule has 438 valence electrons. The van der Waals surface area contributed by atoms with Gasteiger partial charge in [-0.25, -0.2) is 0 Å². The van der Waals surface area contributed by atoms with Crippen molar-refractivity contribution in [3.05, 3.63) is 24.3 Å². The summed E-state index contributed by atoms with van der Waals surface area (Å²) in [7, 11) is 0. The Labute approximate surface area is 462 Å². The first-order chi connectivity index (χ1) is 36.5. The summed E-state index contributed by atoms with van der Waals surface area (Å²) >= 11 is 0. The summed E-state index contributed by atoms with van der Waals surface area (Å²) in [4.78, 5) is 24.5. The summed E-state index contributed by atoms with van der Waals surface area (Å²) in [6, 6.07) is -0.633. The summed E-state index contributed by atoms with van der Waals surface area (Å²) in [5.74, 6) is -0.0591. The number of unbranched alkanes of at least 4 members (excludes halogenated alkanes) is 50. The van der Waals surface area contributed by atoms with E-state index in [0.29, 0.717) is 19.4 Å². The molecule has 0 aliphatic carbocycles. The van der Waals surface area contributed by atoms with Crippen LogP contribution in [0, 0.1) is 0 Å². The minimum atomic E-state index is -0.849. The van der Waals surface area contributed by atoms with Crippen LogP contribution >= 0.6 is 0 Å². The van der Waals surface area contributed by atoms with Crippen LogP contribution in [0.5, 0.6) is 0 Å². The molecule has 0 aliphatic rings. The first-order valence-corrected chi connectivity index (χ1v) is 33.6. The van der Waals surface area contributed by atoms with E-state index in [-0.39, 0.29) is 18.5 Å². The topological polar surface area (TPSA) is 95.9 Å². The molecule has 6 heteroatoms. The molecule has 0 aromatic carbocycles. The number of carbonyl (C=O) groups is 2. The van der Waals surface area contributed by atoms with Crippen LogP contribution < -0.4 is 5.32 Å². The van der Waals surface area contributed by atoms with Gasteiger partial charge >= 0.3 is 5.97 Å². The van der Waals surface area contributed by atoms with Crippen molar-refractivity contribution in [3.63, 3.8) is 0 Å². The van der Waals surface area contributed by atoms with Gasteiger partial charge in [0.2, 0.25) is 5.91 Å². The zero-order chi connectivity index (χ0) is 53.6. The predicted molar refractivity (Wildman–Crippen MR) is 324 cm³/mol. The molecule has 0 aliphatic heterocycles. The highest BCUT2D eigenvalue weighted by molar-refractivity contribution is 5.76. The zero-order valence-electron chi connectivity index (χ0n) is 50.1. The minimum Gasteiger partial charge on any atom is -0.466 e. The van der Waals surface area contributed by atoms with E-state index in [1.807, 2.05) is 6.08 Å². The highest BCUT2D eigenvalue weighted by Gasteiger charge is 2.18. The van der Waals surface area contributed by atoms with Crippen LogP contribution in [0.25, 0.3) is 0 Å². The van der Waals surface area contributed by atoms with Gasteiger partial charge in [0.25, 0.3) is 0 Å². The van der Waals surface area contributed by atoms with Crippen molar-refractivity contribution in [2.45, 2.75) is 386 Å². The number of carbonyl (C=O) groups excluding carboxylic acids is 2. The van der Waals surface area contributed by atoms with Gasteiger partial charge in [-0.3, -0.25) is 9.59 Å². The van der Waals surface area contributed by atoms with Crippen molar-refractivity contribution in [1.82, 2.24) is 5.32 Å². The fourth-order valence-electron chi connectivity index (χ4n) is 10.6. The van der Waals surface area contributed by atoms with E-state index in [2.05, 4.69) is 31.3 Å². The van der Waals surface area contributed by atoms with E-state index in [1.165, 1.54) is 302 Å². The Hall–Kier alpha value is -1.66. The second kappa shape index (κ2) is 63.9. The molecule has 0 saturated heterocycles. The molecule has 74 heavy (non-hydrogen) atoms. The molecule has 0 radical (unpaired) electrons. The first-order valence-electron chi connectivity index (χ1n) is 33.6. The quantitative estimate of drug-likeness (QED) is 0.0320. The Morgan fingerprint density at radius 2 is 0.635 bits per heavy atom. The summed E-state index contributed by atoms with van der Waals surface area (Å²) in [6.45, 7) is 4.93. The fourth-order valence-corrected chi connectivity index (χ4v) is 10.6. The van der Waals surface area contributed by atoms with Gasteiger partial charge in [0, 0.05) is 12.8 Å². The standard InChI is InChI=1S/C68H131NO5/c1-3-5-7-9-11-13-15-16-17-18-19-20-22-25-28-31-34-37-41-44-48-52-56-60-66(71)65(64-70)69-67(72)61-57-53-49-45-42-38-35-32-29-26-23-21-24-27-30-33-36-39-43-47-51-55-59-63-74-68(73)62-58-54-50-46-40-14-12-10-8-6-4-2/h26,29,56,60,65-66,70-71H,3-25,27-28,30-55,57-59,61-64H2,1-2H3,(H,69,72)/b29-26-,60-56+. The molecule has 0 aromatic rings. The molecule has 0 fully saturated rings. The molecule has 0 rings (SSSR count). The van der Waals surface area contributed by atoms with Crippen molar-refractivity contribution in [2.24, 2.45) is 0 Å². The summed E-state index contributed by atoms with van der Waals surface area (Å²) in [5, 5.41) is 23.2. The van der Waals surface area contributed by atoms with Gasteiger partial charge in [-0.1, -0.05) is 327 Å². The van der Waals surface area contributed by atoms with Crippen LogP contribution in [0.1, 0.15) is 373 Å². The number of aliphatic hydroxyl groups excluding tert-OH is 2. The number of hydrogen-bond acceptors (Lipinski definition) is 5. The van der Waals surface area contributed by atoms with Gasteiger partial charge < -0.3 is 20.3 Å². The van der Waals surface area contributed by atoms with Crippen molar-refractivity contribution in [3.8, 4) is 0 Å². The Bertz CT molecular complexity index is 1150. The second-order valence-corrected chi connectivity index (χ2v) is 23.2. The van der Waals surface area contributed by atoms with Crippen molar-refractivity contribution < 1.29 is 24.5 Å². The monoisotopic (exact) mass is 1040 g/mol. The van der Waals surface area contributed by atoms with Gasteiger partial charge in [-0.05, 0) is 57.8 Å². The molecule has 0 bridgehead atoms. The van der Waals surface area contributed by atoms with E-state index < -0.39 is 12.1 Å². The lowest BCUT2D eigenvalue weighted by Crippen LogP contribution is -2.45. The number of allylic oxidation sites excluding steroid dienone is 3. The van der Waals surface area contributed by atoms with Crippen LogP contribution in [0.2, 0.25) is 0 Å². The first kappa shape index (κ1) is 72.3. The van der Waals surface area contributed by atoms with E-state index >= 15 is 0 Å². The Morgan fingerprint density at radius 1 is 0.365 bits per heavy atom. The van der Waals surface area contributed by atoms with Gasteiger partial charge in [0.1, 0.15) is 0 Å². The normalized spacial score (nSPS) is 12.6. The average molecular weight is 1040 g/mol. The van der Waals surface area contributed by atoms with Crippen LogP contribution in [0.3, 0.4) is 0 Å². The Balaban J connectivity index is 3.44. The van der Waals surface area contributed by atoms with E-state index in [0.717, 1.165) is 44.9 Å². The van der Waals surface area contributed by atoms with Crippen LogP contribution in [-0.4, -0.2) is 47.4 Å². The van der Waals surface area contributed by atoms with E-state index in [9.17, 15) is 19.8 Å². The lowest BCUT2D eigenvalue weighted by Gasteiger charge is -2.20. The van der Waals surface area contributed by atoms with Gasteiger partial charge in [0.05, 0.1) is 25.4 Å². The molecule has 0 spiro atoms. The average Bonchev–Trinajstić information content (AvgIpc) is 3.40. The molecule has 0 heterocycles. The number of esters is 1. The molecule has 0 aromatic heterocycles. The highest BCUT2D eigenvalue weighted by Crippen LogP contribution is 2.18. The van der Waals surface area contributed by atoms with Crippen molar-refractivity contribution in [2.75, 3.05) is 13.2 Å². The summed E-state index contributed by atoms with van der Waals surface area (Å²) in [6.07, 6.45) is 79.5. The van der Waals surface area contributed by atoms with Crippen molar-refractivity contribution >= 4 is 11.9 Å². The highest BCUT2D eigenvalue weighted by atomic mass is 16.5. The summed E-state index contributed by atoms with van der Waals surface area (Å²) in [5.41, 5.74) is 0. The molecule has 1 amide bonds. The van der Waals surface area contributed by atoms with Gasteiger partial charge in [0.15, 0.2) is 0 Å². The number of amides is 1. The maximum absolute atomic E-state index is 12.5. The molecule has 3 N–H and O–H groups in total. The minimum absolute atomic E-state index is 0.0113. The van der Waals surface area contributed by atoms with E-state index in [1.54, 1.807) is 6.08 Å². The Kier molecular flexibility index (Phi) is 62.4. The molecule has 0 saturated carbocycles. The number of hydrogen-bond donors (Lipinski definition) is 3. The largest absolute Gasteiger partial charge is 0.466 e. The third-order valence-electron chi connectivity index (χ3n) is 15.7. The van der Waals surface area contributed by atoms with Gasteiger partial charge in [-0.15, -0.1) is 0 Å². The van der Waals surface area contributed by atoms with Gasteiger partial charge in [-0.2, -0.15) is 0 Å². The lowest BCUT2D eigenvalue weighted by atomic mass is 10.0. The van der Waals surface area contributed by atoms with Crippen LogP contribution in [-0.2, 0) is 14.3 Å². The van der Waals surface area contributed by atoms with Crippen LogP contribution in [0.4, 0.5) is 0 Å². The van der Waals surface area contributed by atoms with Crippen molar-refractivity contribution in [1.29, 1.82) is 0 Å². The molecular formula is C68H131NO5. The number of nitrogens with one attached hydrogen (secondary N) is 1. The second-order valence-electron chi connectivity index (χ2n) is 23.2. The number of ether oxygens (including phenoxy) is 1. The van der Waals surface area contributed by atoms with E-state index in [4.69, 9.17) is 4.74 Å². The SMILES string of the molecule is CCCCCCCCCCCCCCCCCCCCCCC/C=C/C(O)C(CO)NC(=O)CCCCCCCCC/C=C\CCCCCCCCCCCCCCOC(=O)CCCCCCCCCCCCC. The third kappa shape index (κ3) is 59.6. The third-order valence-corrected chi connectivity index (χ3v) is 15.7. The predicted octanol–water partition coefficient (Wildman–Crippen LogP) is 21.4. The molecule has 2 unspecified atom stereocenters. The number of aliphatic hydroxyl groups is 2. The fraction of sp³-hybridized carbons (Fsp3) is 0.912. The Morgan fingerprint density at radius 3 is 0.959 bits per heavy atom. The zero-order valence-corrected chi connectivity index (χ0v) is 50.1. The summed E-state index contributed by atoms with van der Waals surface area (Å²) < 4.78 is 5.47.